The summed E-state index contributed by atoms with van der Waals surface area (Å²) in [5.74, 6) is 1.87. The number of hydrogen-bond acceptors (Lipinski definition) is 4. The third kappa shape index (κ3) is 4.16. The molecule has 0 aliphatic carbocycles. The Hall–Kier alpha value is -1.75. The lowest BCUT2D eigenvalue weighted by Gasteiger charge is -2.38. The first kappa shape index (κ1) is 17.6. The highest BCUT2D eigenvalue weighted by atomic mass is 16.5. The van der Waals surface area contributed by atoms with Crippen molar-refractivity contribution in [2.24, 2.45) is 11.7 Å². The summed E-state index contributed by atoms with van der Waals surface area (Å²) in [6.07, 6.45) is 2.04. The van der Waals surface area contributed by atoms with E-state index in [1.54, 1.807) is 25.3 Å². The average molecular weight is 320 g/mol. The first-order chi connectivity index (χ1) is 11.0. The number of piperidine rings is 1. The van der Waals surface area contributed by atoms with Gasteiger partial charge in [0.2, 0.25) is 0 Å². The van der Waals surface area contributed by atoms with Crippen molar-refractivity contribution in [2.75, 3.05) is 20.2 Å². The van der Waals surface area contributed by atoms with Crippen LogP contribution in [0.4, 0.5) is 0 Å². The van der Waals surface area contributed by atoms with Crippen LogP contribution in [0.25, 0.3) is 0 Å². The molecule has 128 valence electrons. The van der Waals surface area contributed by atoms with Crippen molar-refractivity contribution < 1.29 is 14.3 Å². The molecule has 1 saturated heterocycles. The van der Waals surface area contributed by atoms with Gasteiger partial charge in [0.05, 0.1) is 13.2 Å². The van der Waals surface area contributed by atoms with Gasteiger partial charge in [-0.25, -0.2) is 0 Å². The molecule has 0 spiro atoms. The van der Waals surface area contributed by atoms with Gasteiger partial charge in [0.15, 0.2) is 11.5 Å². The Morgan fingerprint density at radius 1 is 1.39 bits per heavy atom. The number of amides is 1. The molecule has 2 atom stereocenters. The second kappa shape index (κ2) is 7.68. The number of likely N-dealkylation sites (tertiary alicyclic amines) is 1. The maximum absolute atomic E-state index is 12.9. The van der Waals surface area contributed by atoms with Crippen LogP contribution in [0.5, 0.6) is 11.5 Å². The number of benzene rings is 1. The van der Waals surface area contributed by atoms with Gasteiger partial charge in [0.25, 0.3) is 5.91 Å². The molecule has 0 bridgehead atoms. The quantitative estimate of drug-likeness (QED) is 0.906. The maximum Gasteiger partial charge on any atom is 0.254 e. The Bertz CT molecular complexity index is 545. The van der Waals surface area contributed by atoms with Gasteiger partial charge >= 0.3 is 0 Å². The van der Waals surface area contributed by atoms with E-state index >= 15 is 0 Å². The minimum absolute atomic E-state index is 0.0155. The van der Waals surface area contributed by atoms with Gasteiger partial charge in [-0.15, -0.1) is 0 Å². The van der Waals surface area contributed by atoms with Gasteiger partial charge in [0, 0.05) is 24.7 Å². The van der Waals surface area contributed by atoms with Crippen LogP contribution in [0.1, 0.15) is 44.0 Å². The average Bonchev–Trinajstić information content (AvgIpc) is 2.53. The van der Waals surface area contributed by atoms with E-state index < -0.39 is 0 Å². The fraction of sp³-hybridized carbons (Fsp3) is 0.611. The van der Waals surface area contributed by atoms with Crippen LogP contribution in [-0.2, 0) is 0 Å². The number of hydrogen-bond donors (Lipinski definition) is 1. The van der Waals surface area contributed by atoms with E-state index in [9.17, 15) is 4.79 Å². The maximum atomic E-state index is 12.9. The molecule has 5 nitrogen and oxygen atoms in total. The van der Waals surface area contributed by atoms with Crippen molar-refractivity contribution in [2.45, 2.75) is 45.8 Å². The molecule has 0 saturated carbocycles. The molecule has 1 aliphatic rings. The van der Waals surface area contributed by atoms with Crippen LogP contribution in [0.15, 0.2) is 18.2 Å². The minimum atomic E-state index is 0.0155. The van der Waals surface area contributed by atoms with Crippen molar-refractivity contribution in [3.05, 3.63) is 23.8 Å². The summed E-state index contributed by atoms with van der Waals surface area (Å²) in [5.41, 5.74) is 6.48. The number of ether oxygens (including phenoxy) is 2. The van der Waals surface area contributed by atoms with Crippen molar-refractivity contribution in [1.29, 1.82) is 0 Å². The van der Waals surface area contributed by atoms with Crippen LogP contribution in [0.2, 0.25) is 0 Å². The molecule has 2 rings (SSSR count). The third-order valence-electron chi connectivity index (χ3n) is 4.28. The van der Waals surface area contributed by atoms with Crippen molar-refractivity contribution in [3.8, 4) is 11.5 Å². The Morgan fingerprint density at radius 2 is 2.13 bits per heavy atom. The molecule has 1 aromatic rings. The van der Waals surface area contributed by atoms with Gasteiger partial charge in [-0.2, -0.15) is 0 Å². The van der Waals surface area contributed by atoms with Crippen molar-refractivity contribution >= 4 is 5.91 Å². The van der Waals surface area contributed by atoms with Gasteiger partial charge in [-0.3, -0.25) is 4.79 Å². The lowest BCUT2D eigenvalue weighted by atomic mass is 9.92. The lowest BCUT2D eigenvalue weighted by Crippen LogP contribution is -2.49. The summed E-state index contributed by atoms with van der Waals surface area (Å²) in [4.78, 5) is 14.8. The van der Waals surface area contributed by atoms with Gasteiger partial charge in [-0.1, -0.05) is 6.92 Å². The Kier molecular flexibility index (Phi) is 5.88. The molecule has 1 amide bonds. The summed E-state index contributed by atoms with van der Waals surface area (Å²) < 4.78 is 11.1. The third-order valence-corrected chi connectivity index (χ3v) is 4.28. The van der Waals surface area contributed by atoms with Crippen LogP contribution in [-0.4, -0.2) is 43.2 Å². The molecule has 2 unspecified atom stereocenters. The van der Waals surface area contributed by atoms with E-state index in [0.29, 0.717) is 29.5 Å². The Morgan fingerprint density at radius 3 is 2.74 bits per heavy atom. The zero-order valence-electron chi connectivity index (χ0n) is 14.5. The highest BCUT2D eigenvalue weighted by molar-refractivity contribution is 5.95. The van der Waals surface area contributed by atoms with E-state index in [4.69, 9.17) is 15.2 Å². The molecule has 5 heteroatoms. The number of carbonyl (C=O) groups is 1. The fourth-order valence-corrected chi connectivity index (χ4v) is 3.06. The predicted molar refractivity (Wildman–Crippen MR) is 91.0 cm³/mol. The highest BCUT2D eigenvalue weighted by Crippen LogP contribution is 2.30. The SMILES string of the molecule is COc1cc(C(=O)N2CCC(C)CC2CN)ccc1OC(C)C. The normalized spacial score (nSPS) is 21.4. The summed E-state index contributed by atoms with van der Waals surface area (Å²) in [7, 11) is 1.59. The largest absolute Gasteiger partial charge is 0.493 e. The number of nitrogens with two attached hydrogens (primary N) is 1. The van der Waals surface area contributed by atoms with Crippen molar-refractivity contribution in [1.82, 2.24) is 4.90 Å². The Balaban J connectivity index is 2.21. The van der Waals surface area contributed by atoms with Crippen LogP contribution in [0, 0.1) is 5.92 Å². The number of nitrogens with zero attached hydrogens (tertiary/aromatic N) is 1. The zero-order chi connectivity index (χ0) is 17.0. The van der Waals surface area contributed by atoms with Gasteiger partial charge in [-0.05, 0) is 50.8 Å². The molecule has 1 aliphatic heterocycles. The minimum Gasteiger partial charge on any atom is -0.493 e. The van der Waals surface area contributed by atoms with E-state index in [2.05, 4.69) is 6.92 Å². The summed E-state index contributed by atoms with van der Waals surface area (Å²) in [6.45, 7) is 7.39. The zero-order valence-corrected chi connectivity index (χ0v) is 14.5. The topological polar surface area (TPSA) is 64.8 Å². The monoisotopic (exact) mass is 320 g/mol. The summed E-state index contributed by atoms with van der Waals surface area (Å²) in [5, 5.41) is 0. The van der Waals surface area contributed by atoms with Crippen LogP contribution < -0.4 is 15.2 Å². The first-order valence-electron chi connectivity index (χ1n) is 8.32. The molecule has 1 fully saturated rings. The standard InChI is InChI=1S/C18H28N2O3/c1-12(2)23-16-6-5-14(10-17(16)22-4)18(21)20-8-7-13(3)9-15(20)11-19/h5-6,10,12-13,15H,7-9,11,19H2,1-4H3. The molecule has 0 aromatic heterocycles. The van der Waals surface area contributed by atoms with E-state index in [1.165, 1.54) is 0 Å². The molecular weight excluding hydrogens is 292 g/mol. The smallest absolute Gasteiger partial charge is 0.254 e. The van der Waals surface area contributed by atoms with Crippen molar-refractivity contribution in [3.63, 3.8) is 0 Å². The highest BCUT2D eigenvalue weighted by Gasteiger charge is 2.29. The fourth-order valence-electron chi connectivity index (χ4n) is 3.06. The second-order valence-electron chi connectivity index (χ2n) is 6.55. The molecule has 1 heterocycles. The first-order valence-corrected chi connectivity index (χ1v) is 8.32. The number of carbonyl (C=O) groups excluding carboxylic acids is 1. The molecule has 23 heavy (non-hydrogen) atoms. The summed E-state index contributed by atoms with van der Waals surface area (Å²) >= 11 is 0. The van der Waals surface area contributed by atoms with Crippen LogP contribution >= 0.6 is 0 Å². The number of methoxy groups -OCH3 is 1. The van der Waals surface area contributed by atoms with E-state index in [1.807, 2.05) is 18.7 Å². The van der Waals surface area contributed by atoms with E-state index in [-0.39, 0.29) is 18.1 Å². The summed E-state index contributed by atoms with van der Waals surface area (Å²) in [6, 6.07) is 5.47. The molecule has 2 N–H and O–H groups in total. The predicted octanol–water partition coefficient (Wildman–Crippen LogP) is 2.68. The second-order valence-corrected chi connectivity index (χ2v) is 6.55. The van der Waals surface area contributed by atoms with Gasteiger partial charge < -0.3 is 20.1 Å². The lowest BCUT2D eigenvalue weighted by molar-refractivity contribution is 0.0573. The van der Waals surface area contributed by atoms with E-state index in [0.717, 1.165) is 19.4 Å². The number of rotatable bonds is 5. The molecule has 1 aromatic carbocycles. The van der Waals surface area contributed by atoms with Crippen LogP contribution in [0.3, 0.4) is 0 Å². The molecule has 0 radical (unpaired) electrons. The van der Waals surface area contributed by atoms with Gasteiger partial charge in [0.1, 0.15) is 0 Å². The Labute approximate surface area is 138 Å². The molecular formula is C18H28N2O3.